The molecular weight excluding hydrogens is 462 g/mol. The van der Waals surface area contributed by atoms with Gasteiger partial charge in [0.25, 0.3) is 5.91 Å². The first-order valence-corrected chi connectivity index (χ1v) is 12.1. The number of nitrogens with zero attached hydrogens (tertiary/aromatic N) is 2. The number of halogens is 1. The summed E-state index contributed by atoms with van der Waals surface area (Å²) in [5.41, 5.74) is 1.20. The van der Waals surface area contributed by atoms with Gasteiger partial charge in [-0.1, -0.05) is 35.9 Å². The van der Waals surface area contributed by atoms with Crippen LogP contribution in [0.3, 0.4) is 0 Å². The number of ether oxygens (including phenoxy) is 1. The highest BCUT2D eigenvalue weighted by atomic mass is 35.5. The van der Waals surface area contributed by atoms with Crippen LogP contribution in [0, 0.1) is 0 Å². The minimum absolute atomic E-state index is 0.103. The number of carbonyl (C=O) groups is 2. The highest BCUT2D eigenvalue weighted by Gasteiger charge is 2.12. The van der Waals surface area contributed by atoms with Gasteiger partial charge in [0, 0.05) is 22.3 Å². The largest absolute Gasteiger partial charge is 0.452 e. The first-order valence-electron chi connectivity index (χ1n) is 8.91. The molecule has 3 rings (SSSR count). The average Bonchev–Trinajstić information content (AvgIpc) is 3.13. The fourth-order valence-electron chi connectivity index (χ4n) is 2.59. The molecule has 31 heavy (non-hydrogen) atoms. The molecule has 0 fully saturated rings. The van der Waals surface area contributed by atoms with E-state index in [1.54, 1.807) is 22.2 Å². The number of hydrogen-bond donors (Lipinski definition) is 1. The molecule has 0 saturated carbocycles. The molecule has 0 radical (unpaired) electrons. The molecule has 1 heterocycles. The van der Waals surface area contributed by atoms with Crippen LogP contribution >= 0.6 is 22.9 Å². The third-order valence-electron chi connectivity index (χ3n) is 3.91. The lowest BCUT2D eigenvalue weighted by Crippen LogP contribution is -2.20. The van der Waals surface area contributed by atoms with Crippen LogP contribution in [-0.2, 0) is 26.1 Å². The summed E-state index contributed by atoms with van der Waals surface area (Å²) in [6.45, 7) is -0.109. The summed E-state index contributed by atoms with van der Waals surface area (Å²) >= 11 is 7.45. The molecule has 0 aliphatic carbocycles. The van der Waals surface area contributed by atoms with Gasteiger partial charge < -0.3 is 9.30 Å². The van der Waals surface area contributed by atoms with Crippen LogP contribution in [0.25, 0.3) is 0 Å². The smallest absolute Gasteiger partial charge is 0.338 e. The number of nitrogens with one attached hydrogen (secondary N) is 1. The first-order chi connectivity index (χ1) is 14.7. The second-order valence-electron chi connectivity index (χ2n) is 6.44. The summed E-state index contributed by atoms with van der Waals surface area (Å²) in [4.78, 5) is 28.9. The Morgan fingerprint density at radius 3 is 2.71 bits per heavy atom. The van der Waals surface area contributed by atoms with Crippen molar-refractivity contribution >= 4 is 50.5 Å². The van der Waals surface area contributed by atoms with Crippen molar-refractivity contribution in [1.29, 1.82) is 0 Å². The van der Waals surface area contributed by atoms with E-state index in [1.807, 2.05) is 18.2 Å². The average molecular weight is 480 g/mol. The molecule has 1 amide bonds. The maximum Gasteiger partial charge on any atom is 0.338 e. The van der Waals surface area contributed by atoms with Crippen LogP contribution in [0.5, 0.6) is 0 Å². The van der Waals surface area contributed by atoms with Crippen molar-refractivity contribution in [3.8, 4) is 0 Å². The number of esters is 1. The number of amides is 1. The molecule has 8 nitrogen and oxygen atoms in total. The monoisotopic (exact) mass is 479 g/mol. The molecule has 0 spiro atoms. The fraction of sp³-hybridized carbons (Fsp3) is 0.150. The van der Waals surface area contributed by atoms with E-state index >= 15 is 0 Å². The number of aromatic nitrogens is 1. The van der Waals surface area contributed by atoms with Crippen molar-refractivity contribution in [3.05, 3.63) is 81.1 Å². The van der Waals surface area contributed by atoms with Gasteiger partial charge >= 0.3 is 5.97 Å². The van der Waals surface area contributed by atoms with Gasteiger partial charge in [-0.05, 0) is 29.8 Å². The van der Waals surface area contributed by atoms with Crippen molar-refractivity contribution in [3.63, 3.8) is 0 Å². The second kappa shape index (κ2) is 9.90. The fourth-order valence-corrected chi connectivity index (χ4v) is 4.09. The second-order valence-corrected chi connectivity index (χ2v) is 9.47. The summed E-state index contributed by atoms with van der Waals surface area (Å²) in [6.07, 6.45) is 2.78. The predicted octanol–water partition coefficient (Wildman–Crippen LogP) is 2.91. The number of anilines is 1. The van der Waals surface area contributed by atoms with Gasteiger partial charge in [0.1, 0.15) is 0 Å². The minimum atomic E-state index is -3.48. The van der Waals surface area contributed by atoms with Crippen molar-refractivity contribution in [1.82, 2.24) is 4.57 Å². The predicted molar refractivity (Wildman–Crippen MR) is 119 cm³/mol. The molecule has 1 N–H and O–H groups in total. The Labute approximate surface area is 187 Å². The number of carbonyl (C=O) groups excluding carboxylic acids is 2. The number of thiazole rings is 1. The van der Waals surface area contributed by atoms with Crippen LogP contribution in [0.4, 0.5) is 5.69 Å². The van der Waals surface area contributed by atoms with Gasteiger partial charge in [-0.25, -0.2) is 13.2 Å². The standard InChI is InChI=1S/C20H18ClN3O5S2/c1-31(27,28)23-16-7-4-6-14(11-16)19(26)29-13-18(25)22-20-24(9-10-30-20)12-15-5-2-3-8-17(15)21/h2-11,23H,12-13H2,1H3. The van der Waals surface area contributed by atoms with Crippen molar-refractivity contribution in [2.75, 3.05) is 17.6 Å². The van der Waals surface area contributed by atoms with Gasteiger partial charge in [0.15, 0.2) is 11.4 Å². The Balaban J connectivity index is 1.65. The zero-order valence-electron chi connectivity index (χ0n) is 16.3. The van der Waals surface area contributed by atoms with Gasteiger partial charge in [-0.15, -0.1) is 11.3 Å². The summed E-state index contributed by atoms with van der Waals surface area (Å²) < 4.78 is 31.7. The SMILES string of the molecule is CS(=O)(=O)Nc1cccc(C(=O)OCC(=O)N=c2sccn2Cc2ccccc2Cl)c1. The van der Waals surface area contributed by atoms with E-state index in [2.05, 4.69) is 9.71 Å². The molecule has 162 valence electrons. The highest BCUT2D eigenvalue weighted by Crippen LogP contribution is 2.16. The number of benzene rings is 2. The number of sulfonamides is 1. The molecule has 2 aromatic carbocycles. The Hall–Kier alpha value is -2.95. The highest BCUT2D eigenvalue weighted by molar-refractivity contribution is 7.92. The van der Waals surface area contributed by atoms with Crippen molar-refractivity contribution < 1.29 is 22.7 Å². The molecule has 11 heteroatoms. The quantitative estimate of drug-likeness (QED) is 0.524. The molecule has 0 aliphatic heterocycles. The first kappa shape index (κ1) is 22.7. The Kier molecular flexibility index (Phi) is 7.26. The lowest BCUT2D eigenvalue weighted by Gasteiger charge is -2.07. The maximum absolute atomic E-state index is 12.2. The summed E-state index contributed by atoms with van der Waals surface area (Å²) in [5.74, 6) is -1.40. The zero-order chi connectivity index (χ0) is 22.4. The third-order valence-corrected chi connectivity index (χ3v) is 5.68. The van der Waals surface area contributed by atoms with Gasteiger partial charge in [0.2, 0.25) is 10.0 Å². The molecule has 0 aliphatic rings. The zero-order valence-corrected chi connectivity index (χ0v) is 18.7. The van der Waals surface area contributed by atoms with Crippen LogP contribution < -0.4 is 9.52 Å². The molecule has 1 aromatic heterocycles. The van der Waals surface area contributed by atoms with E-state index in [0.29, 0.717) is 16.4 Å². The van der Waals surface area contributed by atoms with Crippen molar-refractivity contribution in [2.24, 2.45) is 4.99 Å². The Bertz CT molecular complexity index is 1280. The van der Waals surface area contributed by atoms with E-state index in [-0.39, 0.29) is 11.3 Å². The molecular formula is C20H18ClN3O5S2. The topological polar surface area (TPSA) is 107 Å². The van der Waals surface area contributed by atoms with Crippen molar-refractivity contribution in [2.45, 2.75) is 6.54 Å². The number of rotatable bonds is 7. The molecule has 0 unspecified atom stereocenters. The maximum atomic E-state index is 12.2. The van der Waals surface area contributed by atoms with E-state index in [9.17, 15) is 18.0 Å². The summed E-state index contributed by atoms with van der Waals surface area (Å²) in [6, 6.07) is 13.1. The Morgan fingerprint density at radius 2 is 1.97 bits per heavy atom. The molecule has 3 aromatic rings. The number of hydrogen-bond acceptors (Lipinski definition) is 6. The Morgan fingerprint density at radius 1 is 1.19 bits per heavy atom. The minimum Gasteiger partial charge on any atom is -0.452 e. The van der Waals surface area contributed by atoms with Gasteiger partial charge in [0.05, 0.1) is 18.4 Å². The van der Waals surface area contributed by atoms with E-state index in [4.69, 9.17) is 16.3 Å². The van der Waals surface area contributed by atoms with Crippen LogP contribution in [0.15, 0.2) is 65.1 Å². The van der Waals surface area contributed by atoms with E-state index in [1.165, 1.54) is 35.6 Å². The lowest BCUT2D eigenvalue weighted by molar-refractivity contribution is -0.121. The normalized spacial score (nSPS) is 11.9. The molecule has 0 atom stereocenters. The summed E-state index contributed by atoms with van der Waals surface area (Å²) in [5, 5.41) is 2.40. The van der Waals surface area contributed by atoms with Crippen LogP contribution in [0.1, 0.15) is 15.9 Å². The third kappa shape index (κ3) is 6.78. The van der Waals surface area contributed by atoms with Crippen LogP contribution in [0.2, 0.25) is 5.02 Å². The van der Waals surface area contributed by atoms with Gasteiger partial charge in [-0.3, -0.25) is 9.52 Å². The lowest BCUT2D eigenvalue weighted by atomic mass is 10.2. The van der Waals surface area contributed by atoms with Gasteiger partial charge in [-0.2, -0.15) is 4.99 Å². The van der Waals surface area contributed by atoms with E-state index < -0.39 is 28.5 Å². The summed E-state index contributed by atoms with van der Waals surface area (Å²) in [7, 11) is -3.48. The molecule has 0 saturated heterocycles. The molecule has 0 bridgehead atoms. The van der Waals surface area contributed by atoms with Crippen LogP contribution in [-0.4, -0.2) is 37.7 Å². The van der Waals surface area contributed by atoms with E-state index in [0.717, 1.165) is 11.8 Å².